The summed E-state index contributed by atoms with van der Waals surface area (Å²) in [5.74, 6) is -0.935. The summed E-state index contributed by atoms with van der Waals surface area (Å²) >= 11 is 3.31. The lowest BCUT2D eigenvalue weighted by Crippen LogP contribution is -2.35. The van der Waals surface area contributed by atoms with Crippen molar-refractivity contribution in [3.05, 3.63) is 34.3 Å². The van der Waals surface area contributed by atoms with Crippen LogP contribution in [0.4, 0.5) is 0 Å². The lowest BCUT2D eigenvalue weighted by atomic mass is 10.0. The van der Waals surface area contributed by atoms with Crippen molar-refractivity contribution in [3.8, 4) is 0 Å². The van der Waals surface area contributed by atoms with Crippen LogP contribution in [0.15, 0.2) is 28.7 Å². The second kappa shape index (κ2) is 5.98. The first-order chi connectivity index (χ1) is 7.50. The van der Waals surface area contributed by atoms with Gasteiger partial charge in [-0.05, 0) is 24.6 Å². The summed E-state index contributed by atoms with van der Waals surface area (Å²) in [4.78, 5) is 10.4. The summed E-state index contributed by atoms with van der Waals surface area (Å²) < 4.78 is 0.939. The average molecular weight is 288 g/mol. The normalized spacial score (nSPS) is 14.4. The average Bonchev–Trinajstić information content (AvgIpc) is 2.26. The minimum absolute atomic E-state index is 0.158. The van der Waals surface area contributed by atoms with Crippen LogP contribution in [0.25, 0.3) is 0 Å². The number of carboxylic acids is 1. The molecule has 0 amide bonds. The molecule has 2 unspecified atom stereocenters. The van der Waals surface area contributed by atoms with Gasteiger partial charge < -0.3 is 15.5 Å². The number of hydrogen-bond acceptors (Lipinski definition) is 3. The molecule has 0 aliphatic heterocycles. The molecule has 3 N–H and O–H groups in total. The van der Waals surface area contributed by atoms with Crippen molar-refractivity contribution in [1.82, 2.24) is 5.32 Å². The van der Waals surface area contributed by atoms with Crippen LogP contribution in [0.5, 0.6) is 0 Å². The van der Waals surface area contributed by atoms with Gasteiger partial charge in [-0.2, -0.15) is 0 Å². The molecule has 16 heavy (non-hydrogen) atoms. The molecule has 0 aromatic heterocycles. The fourth-order valence-electron chi connectivity index (χ4n) is 1.31. The van der Waals surface area contributed by atoms with Crippen molar-refractivity contribution in [3.63, 3.8) is 0 Å². The maximum Gasteiger partial charge on any atom is 0.317 e. The molecule has 1 rings (SSSR count). The highest BCUT2D eigenvalue weighted by Gasteiger charge is 2.16. The van der Waals surface area contributed by atoms with Gasteiger partial charge in [0.05, 0.1) is 12.6 Å². The minimum Gasteiger partial charge on any atom is -0.480 e. The van der Waals surface area contributed by atoms with E-state index in [0.29, 0.717) is 0 Å². The van der Waals surface area contributed by atoms with E-state index < -0.39 is 12.1 Å². The van der Waals surface area contributed by atoms with Crippen molar-refractivity contribution in [2.24, 2.45) is 0 Å². The lowest BCUT2D eigenvalue weighted by Gasteiger charge is -2.19. The van der Waals surface area contributed by atoms with E-state index in [1.807, 2.05) is 12.1 Å². The highest BCUT2D eigenvalue weighted by molar-refractivity contribution is 9.10. The third kappa shape index (κ3) is 3.92. The summed E-state index contributed by atoms with van der Waals surface area (Å²) in [7, 11) is 0. The van der Waals surface area contributed by atoms with Gasteiger partial charge in [-0.1, -0.05) is 28.1 Å². The van der Waals surface area contributed by atoms with Crippen LogP contribution in [-0.2, 0) is 4.79 Å². The van der Waals surface area contributed by atoms with Gasteiger partial charge in [-0.15, -0.1) is 0 Å². The van der Waals surface area contributed by atoms with Crippen LogP contribution in [0, 0.1) is 0 Å². The third-order valence-electron chi connectivity index (χ3n) is 2.26. The van der Waals surface area contributed by atoms with E-state index in [9.17, 15) is 9.90 Å². The van der Waals surface area contributed by atoms with Crippen LogP contribution >= 0.6 is 15.9 Å². The van der Waals surface area contributed by atoms with E-state index >= 15 is 0 Å². The molecular formula is C11H14BrNO3. The molecule has 0 bridgehead atoms. The van der Waals surface area contributed by atoms with Gasteiger partial charge in [0.15, 0.2) is 0 Å². The van der Waals surface area contributed by atoms with Crippen molar-refractivity contribution in [2.75, 3.05) is 6.54 Å². The number of carboxylic acid groups (broad SMARTS) is 1. The van der Waals surface area contributed by atoms with Crippen molar-refractivity contribution >= 4 is 21.9 Å². The Labute approximate surface area is 102 Å². The van der Waals surface area contributed by atoms with E-state index in [1.165, 1.54) is 0 Å². The predicted octanol–water partition coefficient (Wildman–Crippen LogP) is 1.55. The van der Waals surface area contributed by atoms with E-state index in [1.54, 1.807) is 19.1 Å². The number of hydrogen-bond donors (Lipinski definition) is 3. The van der Waals surface area contributed by atoms with Gasteiger partial charge >= 0.3 is 5.97 Å². The maximum absolute atomic E-state index is 10.4. The summed E-state index contributed by atoms with van der Waals surface area (Å²) in [5.41, 5.74) is 0.758. The smallest absolute Gasteiger partial charge is 0.317 e. The van der Waals surface area contributed by atoms with Crippen molar-refractivity contribution in [2.45, 2.75) is 19.1 Å². The Bertz CT molecular complexity index is 353. The van der Waals surface area contributed by atoms with Gasteiger partial charge in [0, 0.05) is 10.5 Å². The van der Waals surface area contributed by atoms with Crippen LogP contribution in [0.3, 0.4) is 0 Å². The number of benzene rings is 1. The molecule has 0 heterocycles. The maximum atomic E-state index is 10.4. The van der Waals surface area contributed by atoms with Crippen LogP contribution in [-0.4, -0.2) is 28.8 Å². The first-order valence-corrected chi connectivity index (χ1v) is 5.68. The number of aliphatic hydroxyl groups is 1. The molecule has 0 aliphatic rings. The molecule has 2 atom stereocenters. The molecule has 5 heteroatoms. The topological polar surface area (TPSA) is 69.6 Å². The zero-order chi connectivity index (χ0) is 12.1. The number of halogens is 1. The monoisotopic (exact) mass is 287 g/mol. The zero-order valence-corrected chi connectivity index (χ0v) is 10.4. The van der Waals surface area contributed by atoms with Crippen LogP contribution in [0.1, 0.15) is 18.6 Å². The van der Waals surface area contributed by atoms with Gasteiger partial charge in [0.25, 0.3) is 0 Å². The quantitative estimate of drug-likeness (QED) is 0.769. The van der Waals surface area contributed by atoms with Crippen molar-refractivity contribution < 1.29 is 15.0 Å². The van der Waals surface area contributed by atoms with Crippen LogP contribution in [0.2, 0.25) is 0 Å². The Kier molecular flexibility index (Phi) is 4.92. The Balaban J connectivity index is 2.59. The van der Waals surface area contributed by atoms with Gasteiger partial charge in [-0.3, -0.25) is 4.79 Å². The Morgan fingerprint density at radius 2 is 2.00 bits per heavy atom. The standard InChI is InChI=1S/C11H14BrNO3/c1-7(13-6-10(14)15)11(16)8-2-4-9(12)5-3-8/h2-5,7,11,13,16H,6H2,1H3,(H,14,15). The fourth-order valence-corrected chi connectivity index (χ4v) is 1.57. The fraction of sp³-hybridized carbons (Fsp3) is 0.364. The molecule has 88 valence electrons. The molecule has 0 saturated carbocycles. The minimum atomic E-state index is -0.935. The molecule has 0 spiro atoms. The largest absolute Gasteiger partial charge is 0.480 e. The summed E-state index contributed by atoms with van der Waals surface area (Å²) in [6.07, 6.45) is -0.715. The first-order valence-electron chi connectivity index (χ1n) is 4.89. The third-order valence-corrected chi connectivity index (χ3v) is 2.79. The Morgan fingerprint density at radius 3 is 2.50 bits per heavy atom. The number of carbonyl (C=O) groups is 1. The van der Waals surface area contributed by atoms with Gasteiger partial charge in [0.1, 0.15) is 0 Å². The van der Waals surface area contributed by atoms with Gasteiger partial charge in [-0.25, -0.2) is 0 Å². The summed E-state index contributed by atoms with van der Waals surface area (Å²) in [6.45, 7) is 1.59. The number of nitrogens with one attached hydrogen (secondary N) is 1. The zero-order valence-electron chi connectivity index (χ0n) is 8.85. The summed E-state index contributed by atoms with van der Waals surface area (Å²) in [5, 5.41) is 21.2. The summed E-state index contributed by atoms with van der Waals surface area (Å²) in [6, 6.07) is 6.96. The molecule has 0 aliphatic carbocycles. The Morgan fingerprint density at radius 1 is 1.44 bits per heavy atom. The van der Waals surface area contributed by atoms with Crippen LogP contribution < -0.4 is 5.32 Å². The molecule has 1 aromatic carbocycles. The SMILES string of the molecule is CC(NCC(=O)O)C(O)c1ccc(Br)cc1. The molecule has 4 nitrogen and oxygen atoms in total. The van der Waals surface area contributed by atoms with E-state index in [4.69, 9.17) is 5.11 Å². The number of aliphatic carboxylic acids is 1. The second-order valence-corrected chi connectivity index (χ2v) is 4.48. The number of aliphatic hydroxyl groups excluding tert-OH is 1. The van der Waals surface area contributed by atoms with E-state index in [2.05, 4.69) is 21.2 Å². The Hall–Kier alpha value is -0.910. The molecule has 0 fully saturated rings. The predicted molar refractivity (Wildman–Crippen MR) is 64.2 cm³/mol. The molecule has 0 radical (unpaired) electrons. The van der Waals surface area contributed by atoms with Crippen molar-refractivity contribution in [1.29, 1.82) is 0 Å². The molecule has 1 aromatic rings. The van der Waals surface area contributed by atoms with E-state index in [-0.39, 0.29) is 12.6 Å². The number of rotatable bonds is 5. The highest BCUT2D eigenvalue weighted by atomic mass is 79.9. The molecular weight excluding hydrogens is 274 g/mol. The van der Waals surface area contributed by atoms with Gasteiger partial charge in [0.2, 0.25) is 0 Å². The highest BCUT2D eigenvalue weighted by Crippen LogP contribution is 2.19. The lowest BCUT2D eigenvalue weighted by molar-refractivity contribution is -0.136. The first kappa shape index (κ1) is 13.2. The second-order valence-electron chi connectivity index (χ2n) is 3.56. The molecule has 0 saturated heterocycles. The van der Waals surface area contributed by atoms with E-state index in [0.717, 1.165) is 10.0 Å².